The lowest BCUT2D eigenvalue weighted by Gasteiger charge is -2.01. The first kappa shape index (κ1) is 8.46. The summed E-state index contributed by atoms with van der Waals surface area (Å²) in [5.41, 5.74) is 1.30. The molecule has 1 heterocycles. The number of hydrogen-bond acceptors (Lipinski definition) is 2. The monoisotopic (exact) mass is 162 g/mol. The molecule has 1 aromatic heterocycles. The van der Waals surface area contributed by atoms with Crippen LogP contribution < -0.4 is 5.32 Å². The minimum Gasteiger partial charge on any atom is -0.328 e. The van der Waals surface area contributed by atoms with E-state index in [4.69, 9.17) is 0 Å². The van der Waals surface area contributed by atoms with E-state index in [-0.39, 0.29) is 5.91 Å². The van der Waals surface area contributed by atoms with Crippen LogP contribution in [0.4, 0.5) is 0 Å². The summed E-state index contributed by atoms with van der Waals surface area (Å²) in [6.07, 6.45) is 2.93. The standard InChI is InChI=1S/C9H10N2O/c1-3-10-9(12)8-7(2)5-4-6-11-8/h3-6H,1H2,2H3,(H,10,12). The van der Waals surface area contributed by atoms with Crippen LogP contribution >= 0.6 is 0 Å². The molecule has 0 aliphatic rings. The van der Waals surface area contributed by atoms with Gasteiger partial charge in [0.1, 0.15) is 5.69 Å². The summed E-state index contributed by atoms with van der Waals surface area (Å²) in [6, 6.07) is 3.63. The first-order chi connectivity index (χ1) is 5.75. The molecule has 0 radical (unpaired) electrons. The minimum absolute atomic E-state index is 0.219. The van der Waals surface area contributed by atoms with Gasteiger partial charge >= 0.3 is 0 Å². The number of pyridine rings is 1. The highest BCUT2D eigenvalue weighted by atomic mass is 16.1. The van der Waals surface area contributed by atoms with Gasteiger partial charge in [0.25, 0.3) is 5.91 Å². The number of nitrogens with one attached hydrogen (secondary N) is 1. The number of hydrogen-bond donors (Lipinski definition) is 1. The molecule has 0 aliphatic heterocycles. The van der Waals surface area contributed by atoms with Crippen LogP contribution in [0.5, 0.6) is 0 Å². The third kappa shape index (κ3) is 1.69. The summed E-state index contributed by atoms with van der Waals surface area (Å²) in [5, 5.41) is 2.47. The Labute approximate surface area is 71.1 Å². The van der Waals surface area contributed by atoms with E-state index in [1.54, 1.807) is 12.3 Å². The van der Waals surface area contributed by atoms with Crippen molar-refractivity contribution in [3.8, 4) is 0 Å². The second-order valence-electron chi connectivity index (χ2n) is 2.35. The Morgan fingerprint density at radius 3 is 3.08 bits per heavy atom. The highest BCUT2D eigenvalue weighted by Crippen LogP contribution is 2.01. The maximum Gasteiger partial charge on any atom is 0.274 e. The molecule has 1 aromatic rings. The summed E-state index contributed by atoms with van der Waals surface area (Å²) in [5.74, 6) is -0.219. The topological polar surface area (TPSA) is 42.0 Å². The van der Waals surface area contributed by atoms with Gasteiger partial charge in [-0.25, -0.2) is 0 Å². The Bertz CT molecular complexity index is 307. The summed E-state index contributed by atoms with van der Waals surface area (Å²) >= 11 is 0. The molecule has 0 saturated heterocycles. The van der Waals surface area contributed by atoms with E-state index in [0.29, 0.717) is 5.69 Å². The predicted molar refractivity (Wildman–Crippen MR) is 46.6 cm³/mol. The lowest BCUT2D eigenvalue weighted by Crippen LogP contribution is -2.19. The molecular formula is C9H10N2O. The SMILES string of the molecule is C=CNC(=O)c1ncccc1C. The van der Waals surface area contributed by atoms with Crippen molar-refractivity contribution in [2.24, 2.45) is 0 Å². The van der Waals surface area contributed by atoms with Gasteiger partial charge in [0.15, 0.2) is 0 Å². The zero-order valence-corrected chi connectivity index (χ0v) is 6.87. The molecule has 12 heavy (non-hydrogen) atoms. The van der Waals surface area contributed by atoms with Gasteiger partial charge in [-0.05, 0) is 24.8 Å². The van der Waals surface area contributed by atoms with Gasteiger partial charge in [-0.1, -0.05) is 12.6 Å². The van der Waals surface area contributed by atoms with Crippen LogP contribution in [-0.2, 0) is 0 Å². The largest absolute Gasteiger partial charge is 0.328 e. The average molecular weight is 162 g/mol. The number of aryl methyl sites for hydroxylation is 1. The van der Waals surface area contributed by atoms with Gasteiger partial charge in [-0.2, -0.15) is 0 Å². The van der Waals surface area contributed by atoms with Crippen LogP contribution in [0.25, 0.3) is 0 Å². The van der Waals surface area contributed by atoms with Crippen LogP contribution in [0.3, 0.4) is 0 Å². The lowest BCUT2D eigenvalue weighted by atomic mass is 10.2. The maximum atomic E-state index is 11.2. The fourth-order valence-corrected chi connectivity index (χ4v) is 0.884. The van der Waals surface area contributed by atoms with Crippen molar-refractivity contribution in [2.45, 2.75) is 6.92 Å². The molecule has 1 N–H and O–H groups in total. The Balaban J connectivity index is 2.94. The van der Waals surface area contributed by atoms with Gasteiger partial charge in [-0.3, -0.25) is 9.78 Å². The molecule has 62 valence electrons. The molecule has 0 spiro atoms. The molecule has 0 aliphatic carbocycles. The van der Waals surface area contributed by atoms with Crippen LogP contribution in [0, 0.1) is 6.92 Å². The van der Waals surface area contributed by atoms with Crippen molar-refractivity contribution >= 4 is 5.91 Å². The lowest BCUT2D eigenvalue weighted by molar-refractivity contribution is 0.0964. The van der Waals surface area contributed by atoms with E-state index in [0.717, 1.165) is 5.56 Å². The van der Waals surface area contributed by atoms with Crippen LogP contribution in [-0.4, -0.2) is 10.9 Å². The molecule has 3 heteroatoms. The van der Waals surface area contributed by atoms with Gasteiger partial charge in [0.05, 0.1) is 0 Å². The third-order valence-corrected chi connectivity index (χ3v) is 1.46. The molecule has 0 unspecified atom stereocenters. The van der Waals surface area contributed by atoms with Crippen LogP contribution in [0.15, 0.2) is 31.1 Å². The summed E-state index contributed by atoms with van der Waals surface area (Å²) in [6.45, 7) is 5.23. The van der Waals surface area contributed by atoms with Crippen molar-refractivity contribution in [1.29, 1.82) is 0 Å². The Hall–Kier alpha value is -1.64. The molecule has 3 nitrogen and oxygen atoms in total. The predicted octanol–water partition coefficient (Wildman–Crippen LogP) is 1.26. The van der Waals surface area contributed by atoms with Gasteiger partial charge < -0.3 is 5.32 Å². The second kappa shape index (κ2) is 3.67. The van der Waals surface area contributed by atoms with Crippen molar-refractivity contribution in [1.82, 2.24) is 10.3 Å². The van der Waals surface area contributed by atoms with Gasteiger partial charge in [0.2, 0.25) is 0 Å². The number of rotatable bonds is 2. The van der Waals surface area contributed by atoms with Crippen molar-refractivity contribution in [2.75, 3.05) is 0 Å². The molecule has 1 rings (SSSR count). The van der Waals surface area contributed by atoms with E-state index in [2.05, 4.69) is 16.9 Å². The van der Waals surface area contributed by atoms with Crippen molar-refractivity contribution < 1.29 is 4.79 Å². The fraction of sp³-hybridized carbons (Fsp3) is 0.111. The number of nitrogens with zero attached hydrogens (tertiary/aromatic N) is 1. The normalized spacial score (nSPS) is 9.08. The molecule has 0 saturated carbocycles. The first-order valence-corrected chi connectivity index (χ1v) is 3.59. The number of carbonyl (C=O) groups excluding carboxylic acids is 1. The van der Waals surface area contributed by atoms with Crippen LogP contribution in [0.2, 0.25) is 0 Å². The molecule has 1 amide bonds. The highest BCUT2D eigenvalue weighted by molar-refractivity contribution is 5.94. The summed E-state index contributed by atoms with van der Waals surface area (Å²) in [4.78, 5) is 15.2. The highest BCUT2D eigenvalue weighted by Gasteiger charge is 2.06. The minimum atomic E-state index is -0.219. The number of aromatic nitrogens is 1. The van der Waals surface area contributed by atoms with Gasteiger partial charge in [0, 0.05) is 6.20 Å². The third-order valence-electron chi connectivity index (χ3n) is 1.46. The van der Waals surface area contributed by atoms with Crippen molar-refractivity contribution in [3.05, 3.63) is 42.4 Å². The first-order valence-electron chi connectivity index (χ1n) is 3.59. The average Bonchev–Trinajstić information content (AvgIpc) is 2.05. The fourth-order valence-electron chi connectivity index (χ4n) is 0.884. The Kier molecular flexibility index (Phi) is 2.58. The summed E-state index contributed by atoms with van der Waals surface area (Å²) < 4.78 is 0. The zero-order chi connectivity index (χ0) is 8.97. The molecule has 0 fully saturated rings. The van der Waals surface area contributed by atoms with Crippen LogP contribution in [0.1, 0.15) is 16.1 Å². The zero-order valence-electron chi connectivity index (χ0n) is 6.87. The van der Waals surface area contributed by atoms with E-state index < -0.39 is 0 Å². The Morgan fingerprint density at radius 1 is 1.75 bits per heavy atom. The molecule has 0 atom stereocenters. The van der Waals surface area contributed by atoms with E-state index in [9.17, 15) is 4.79 Å². The maximum absolute atomic E-state index is 11.2. The molecule has 0 bridgehead atoms. The van der Waals surface area contributed by atoms with Gasteiger partial charge in [-0.15, -0.1) is 0 Å². The number of carbonyl (C=O) groups is 1. The van der Waals surface area contributed by atoms with E-state index in [1.807, 2.05) is 13.0 Å². The quantitative estimate of drug-likeness (QED) is 0.711. The van der Waals surface area contributed by atoms with E-state index in [1.165, 1.54) is 6.20 Å². The molecule has 0 aromatic carbocycles. The number of amides is 1. The Morgan fingerprint density at radius 2 is 2.50 bits per heavy atom. The van der Waals surface area contributed by atoms with Crippen molar-refractivity contribution in [3.63, 3.8) is 0 Å². The second-order valence-corrected chi connectivity index (χ2v) is 2.35. The molecular weight excluding hydrogens is 152 g/mol. The smallest absolute Gasteiger partial charge is 0.274 e. The summed E-state index contributed by atoms with van der Waals surface area (Å²) in [7, 11) is 0. The van der Waals surface area contributed by atoms with E-state index >= 15 is 0 Å².